The molecule has 0 radical (unpaired) electrons. The lowest BCUT2D eigenvalue weighted by Crippen LogP contribution is -2.34. The predicted octanol–water partition coefficient (Wildman–Crippen LogP) is 3.10. The molecule has 0 saturated carbocycles. The molecule has 1 unspecified atom stereocenters. The lowest BCUT2D eigenvalue weighted by molar-refractivity contribution is 0.0938. The van der Waals surface area contributed by atoms with Gasteiger partial charge in [-0.1, -0.05) is 12.1 Å². The SMILES string of the molecule is Cc1ccc(C(=O)NC(C)Cc2ncccc2C)cc1NC(=O)c1cncnc1. The number of aromatic nitrogens is 3. The number of hydrogen-bond acceptors (Lipinski definition) is 5. The van der Waals surface area contributed by atoms with Crippen molar-refractivity contribution in [3.05, 3.63) is 83.2 Å². The van der Waals surface area contributed by atoms with Crippen LogP contribution in [-0.2, 0) is 6.42 Å². The summed E-state index contributed by atoms with van der Waals surface area (Å²) in [4.78, 5) is 37.1. The van der Waals surface area contributed by atoms with Gasteiger partial charge in [0.2, 0.25) is 0 Å². The minimum Gasteiger partial charge on any atom is -0.349 e. The molecule has 2 heterocycles. The highest BCUT2D eigenvalue weighted by Gasteiger charge is 2.15. The molecule has 0 bridgehead atoms. The van der Waals surface area contributed by atoms with Gasteiger partial charge in [-0.2, -0.15) is 0 Å². The van der Waals surface area contributed by atoms with Crippen molar-refractivity contribution in [2.24, 2.45) is 0 Å². The number of pyridine rings is 1. The van der Waals surface area contributed by atoms with E-state index >= 15 is 0 Å². The van der Waals surface area contributed by atoms with Crippen LogP contribution in [0.25, 0.3) is 0 Å². The van der Waals surface area contributed by atoms with Crippen molar-refractivity contribution in [1.29, 1.82) is 0 Å². The predicted molar refractivity (Wildman–Crippen MR) is 111 cm³/mol. The average molecular weight is 389 g/mol. The van der Waals surface area contributed by atoms with Crippen molar-refractivity contribution in [3.8, 4) is 0 Å². The summed E-state index contributed by atoms with van der Waals surface area (Å²) in [6, 6.07) is 9.03. The van der Waals surface area contributed by atoms with Crippen molar-refractivity contribution in [2.45, 2.75) is 33.2 Å². The summed E-state index contributed by atoms with van der Waals surface area (Å²) in [5.41, 5.74) is 4.30. The van der Waals surface area contributed by atoms with E-state index in [0.29, 0.717) is 23.2 Å². The summed E-state index contributed by atoms with van der Waals surface area (Å²) < 4.78 is 0. The van der Waals surface area contributed by atoms with Crippen LogP contribution in [0.15, 0.2) is 55.2 Å². The molecule has 7 heteroatoms. The van der Waals surface area contributed by atoms with Crippen molar-refractivity contribution in [1.82, 2.24) is 20.3 Å². The molecule has 3 aromatic rings. The summed E-state index contributed by atoms with van der Waals surface area (Å²) in [6.07, 6.45) is 6.64. The highest BCUT2D eigenvalue weighted by atomic mass is 16.2. The largest absolute Gasteiger partial charge is 0.349 e. The van der Waals surface area contributed by atoms with Crippen LogP contribution in [0.4, 0.5) is 5.69 Å². The summed E-state index contributed by atoms with van der Waals surface area (Å²) in [6.45, 7) is 5.81. The van der Waals surface area contributed by atoms with Gasteiger partial charge in [-0.25, -0.2) is 9.97 Å². The molecule has 0 aliphatic rings. The van der Waals surface area contributed by atoms with E-state index in [1.807, 2.05) is 32.9 Å². The first kappa shape index (κ1) is 20.1. The number of aryl methyl sites for hydroxylation is 2. The van der Waals surface area contributed by atoms with Gasteiger partial charge in [-0.3, -0.25) is 14.6 Å². The molecule has 1 atom stereocenters. The summed E-state index contributed by atoms with van der Waals surface area (Å²) in [5, 5.41) is 5.81. The number of nitrogens with zero attached hydrogens (tertiary/aromatic N) is 3. The third-order valence-corrected chi connectivity index (χ3v) is 4.57. The third kappa shape index (κ3) is 5.22. The highest BCUT2D eigenvalue weighted by Crippen LogP contribution is 2.18. The second kappa shape index (κ2) is 9.05. The first-order valence-electron chi connectivity index (χ1n) is 9.32. The standard InChI is InChI=1S/C22H23N5O2/c1-14-5-4-8-25-19(14)9-16(3)26-21(28)17-7-6-15(2)20(10-17)27-22(29)18-11-23-13-24-12-18/h4-8,10-13,16H,9H2,1-3H3,(H,26,28)(H,27,29). The average Bonchev–Trinajstić information content (AvgIpc) is 2.72. The second-order valence-electron chi connectivity index (χ2n) is 6.96. The number of carbonyl (C=O) groups is 2. The Hall–Kier alpha value is -3.61. The maximum absolute atomic E-state index is 12.7. The fraction of sp³-hybridized carbons (Fsp3) is 0.227. The third-order valence-electron chi connectivity index (χ3n) is 4.57. The second-order valence-corrected chi connectivity index (χ2v) is 6.96. The van der Waals surface area contributed by atoms with E-state index < -0.39 is 0 Å². The Balaban J connectivity index is 1.69. The molecule has 2 N–H and O–H groups in total. The number of hydrogen-bond donors (Lipinski definition) is 2. The molecule has 3 rings (SSSR count). The van der Waals surface area contributed by atoms with Crippen molar-refractivity contribution in [3.63, 3.8) is 0 Å². The van der Waals surface area contributed by atoms with Crippen LogP contribution in [0.2, 0.25) is 0 Å². The van der Waals surface area contributed by atoms with Crippen LogP contribution in [0.5, 0.6) is 0 Å². The van der Waals surface area contributed by atoms with Gasteiger partial charge in [-0.05, 0) is 50.1 Å². The first-order chi connectivity index (χ1) is 13.9. The molecule has 1 aromatic carbocycles. The number of benzene rings is 1. The molecule has 7 nitrogen and oxygen atoms in total. The van der Waals surface area contributed by atoms with Crippen molar-refractivity contribution >= 4 is 17.5 Å². The van der Waals surface area contributed by atoms with Crippen LogP contribution >= 0.6 is 0 Å². The van der Waals surface area contributed by atoms with Gasteiger partial charge >= 0.3 is 0 Å². The van der Waals surface area contributed by atoms with Gasteiger partial charge in [0.15, 0.2) is 0 Å². The quantitative estimate of drug-likeness (QED) is 0.675. The van der Waals surface area contributed by atoms with E-state index in [9.17, 15) is 9.59 Å². The normalized spacial score (nSPS) is 11.6. The maximum Gasteiger partial charge on any atom is 0.258 e. The van der Waals surface area contributed by atoms with E-state index in [4.69, 9.17) is 0 Å². The Kier molecular flexibility index (Phi) is 6.29. The molecule has 0 aliphatic carbocycles. The summed E-state index contributed by atoms with van der Waals surface area (Å²) in [7, 11) is 0. The Morgan fingerprint density at radius 3 is 2.48 bits per heavy atom. The number of nitrogens with one attached hydrogen (secondary N) is 2. The Labute approximate surface area is 169 Å². The van der Waals surface area contributed by atoms with E-state index in [1.165, 1.54) is 18.7 Å². The monoisotopic (exact) mass is 389 g/mol. The molecule has 0 aliphatic heterocycles. The van der Waals surface area contributed by atoms with Crippen LogP contribution in [0.3, 0.4) is 0 Å². The summed E-state index contributed by atoms with van der Waals surface area (Å²) >= 11 is 0. The minimum absolute atomic E-state index is 0.0862. The molecule has 2 aromatic heterocycles. The highest BCUT2D eigenvalue weighted by molar-refractivity contribution is 6.05. The lowest BCUT2D eigenvalue weighted by atomic mass is 10.1. The number of anilines is 1. The fourth-order valence-corrected chi connectivity index (χ4v) is 2.89. The van der Waals surface area contributed by atoms with Crippen molar-refractivity contribution in [2.75, 3.05) is 5.32 Å². The van der Waals surface area contributed by atoms with Crippen LogP contribution in [0.1, 0.15) is 44.5 Å². The fourth-order valence-electron chi connectivity index (χ4n) is 2.89. The van der Waals surface area contributed by atoms with Gasteiger partial charge in [0.05, 0.1) is 5.56 Å². The molecular formula is C22H23N5O2. The molecule has 2 amide bonds. The van der Waals surface area contributed by atoms with Crippen LogP contribution < -0.4 is 10.6 Å². The lowest BCUT2D eigenvalue weighted by Gasteiger charge is -2.16. The van der Waals surface area contributed by atoms with E-state index in [0.717, 1.165) is 16.8 Å². The zero-order chi connectivity index (χ0) is 20.8. The van der Waals surface area contributed by atoms with Crippen LogP contribution in [0, 0.1) is 13.8 Å². The van der Waals surface area contributed by atoms with Gasteiger partial charge in [0.25, 0.3) is 11.8 Å². The number of carbonyl (C=O) groups excluding carboxylic acids is 2. The Bertz CT molecular complexity index is 1020. The van der Waals surface area contributed by atoms with E-state index in [-0.39, 0.29) is 17.9 Å². The van der Waals surface area contributed by atoms with Gasteiger partial charge in [-0.15, -0.1) is 0 Å². The Morgan fingerprint density at radius 1 is 1.00 bits per heavy atom. The molecule has 148 valence electrons. The molecule has 0 spiro atoms. The van der Waals surface area contributed by atoms with Crippen LogP contribution in [-0.4, -0.2) is 32.8 Å². The van der Waals surface area contributed by atoms with Gasteiger partial charge in [0, 0.05) is 48.0 Å². The molecule has 29 heavy (non-hydrogen) atoms. The van der Waals surface area contributed by atoms with Crippen molar-refractivity contribution < 1.29 is 9.59 Å². The zero-order valence-corrected chi connectivity index (χ0v) is 16.6. The van der Waals surface area contributed by atoms with E-state index in [1.54, 1.807) is 24.4 Å². The molecule has 0 saturated heterocycles. The van der Waals surface area contributed by atoms with Gasteiger partial charge < -0.3 is 10.6 Å². The number of rotatable bonds is 6. The first-order valence-corrected chi connectivity index (χ1v) is 9.32. The van der Waals surface area contributed by atoms with E-state index in [2.05, 4.69) is 25.6 Å². The summed E-state index contributed by atoms with van der Waals surface area (Å²) in [5.74, 6) is -0.533. The Morgan fingerprint density at radius 2 is 1.76 bits per heavy atom. The minimum atomic E-state index is -0.328. The maximum atomic E-state index is 12.7. The number of amides is 2. The smallest absolute Gasteiger partial charge is 0.258 e. The molecule has 0 fully saturated rings. The topological polar surface area (TPSA) is 96.9 Å². The molecular weight excluding hydrogens is 366 g/mol. The zero-order valence-electron chi connectivity index (χ0n) is 16.6. The van der Waals surface area contributed by atoms with Gasteiger partial charge in [0.1, 0.15) is 6.33 Å².